The number of hydrogen-bond acceptors (Lipinski definition) is 8. The molecule has 0 aromatic carbocycles. The molecule has 0 spiro atoms. The maximum atomic E-state index is 12.1. The Hall–Kier alpha value is -3.04. The summed E-state index contributed by atoms with van der Waals surface area (Å²) in [4.78, 5) is 46.7. The van der Waals surface area contributed by atoms with E-state index in [1.165, 1.54) is 0 Å². The molecule has 0 aromatic heterocycles. The van der Waals surface area contributed by atoms with Gasteiger partial charge in [-0.15, -0.1) is 0 Å². The van der Waals surface area contributed by atoms with Crippen LogP contribution in [-0.4, -0.2) is 63.6 Å². The van der Waals surface area contributed by atoms with Crippen molar-refractivity contribution < 1.29 is 38.1 Å². The molecule has 2 aliphatic carbocycles. The molecule has 4 atom stereocenters. The molecule has 37 heavy (non-hydrogen) atoms. The van der Waals surface area contributed by atoms with Crippen LogP contribution in [0.3, 0.4) is 0 Å². The molecule has 0 heterocycles. The van der Waals surface area contributed by atoms with E-state index in [1.807, 2.05) is 0 Å². The summed E-state index contributed by atoms with van der Waals surface area (Å²) in [5, 5.41) is 5.76. The molecule has 2 fully saturated rings. The number of carbonyl (C=O) groups is 4. The molecule has 2 amide bonds. The first-order valence-electron chi connectivity index (χ1n) is 13.2. The van der Waals surface area contributed by atoms with Crippen molar-refractivity contribution in [3.63, 3.8) is 0 Å². The Balaban J connectivity index is 1.53. The fourth-order valence-corrected chi connectivity index (χ4v) is 5.01. The van der Waals surface area contributed by atoms with E-state index >= 15 is 0 Å². The largest absolute Gasteiger partial charge is 0.462 e. The van der Waals surface area contributed by atoms with Crippen LogP contribution in [0.25, 0.3) is 0 Å². The number of fused-ring (bicyclic) bond motifs is 2. The third-order valence-corrected chi connectivity index (χ3v) is 6.93. The van der Waals surface area contributed by atoms with E-state index in [4.69, 9.17) is 18.9 Å². The number of alkyl carbamates (subject to hydrolysis) is 2. The second-order valence-electron chi connectivity index (χ2n) is 9.94. The standard InChI is InChI=1S/C27H42N2O8/c1-18(2)24(30)34-11-5-7-13-36-26(32)28-16-21-15-20-9-10-22(21)23(20)17-29-27(33)37-14-8-6-12-35-25(31)19(3)4/h20-23H,1,3,5-17H2,2,4H3,(H,28,32)(H,29,33). The number of hydrogen-bond donors (Lipinski definition) is 2. The van der Waals surface area contributed by atoms with Crippen LogP contribution in [0.2, 0.25) is 0 Å². The summed E-state index contributed by atoms with van der Waals surface area (Å²) < 4.78 is 20.4. The van der Waals surface area contributed by atoms with E-state index in [9.17, 15) is 19.2 Å². The van der Waals surface area contributed by atoms with E-state index in [0.29, 0.717) is 73.6 Å². The van der Waals surface area contributed by atoms with Gasteiger partial charge in [0.05, 0.1) is 26.4 Å². The van der Waals surface area contributed by atoms with Gasteiger partial charge in [0.15, 0.2) is 0 Å². The highest BCUT2D eigenvalue weighted by Crippen LogP contribution is 2.52. The Morgan fingerprint density at radius 1 is 0.703 bits per heavy atom. The van der Waals surface area contributed by atoms with Gasteiger partial charge in [0.2, 0.25) is 0 Å². The topological polar surface area (TPSA) is 129 Å². The fourth-order valence-electron chi connectivity index (χ4n) is 5.01. The monoisotopic (exact) mass is 522 g/mol. The van der Waals surface area contributed by atoms with E-state index in [1.54, 1.807) is 13.8 Å². The molecule has 0 saturated heterocycles. The van der Waals surface area contributed by atoms with Crippen LogP contribution in [-0.2, 0) is 28.5 Å². The number of ether oxygens (including phenoxy) is 4. The van der Waals surface area contributed by atoms with Gasteiger partial charge in [0.1, 0.15) is 0 Å². The maximum absolute atomic E-state index is 12.1. The second-order valence-corrected chi connectivity index (χ2v) is 9.94. The van der Waals surface area contributed by atoms with E-state index in [2.05, 4.69) is 23.8 Å². The molecule has 0 radical (unpaired) electrons. The third kappa shape index (κ3) is 10.9. The summed E-state index contributed by atoms with van der Waals surface area (Å²) >= 11 is 0. The quantitative estimate of drug-likeness (QED) is 0.135. The number of unbranched alkanes of at least 4 members (excludes halogenated alkanes) is 2. The lowest BCUT2D eigenvalue weighted by atomic mass is 9.88. The van der Waals surface area contributed by atoms with Crippen LogP contribution in [0.1, 0.15) is 58.8 Å². The Morgan fingerprint density at radius 2 is 1.16 bits per heavy atom. The maximum Gasteiger partial charge on any atom is 0.407 e. The SMILES string of the molecule is C=C(C)C(=O)OCCCCOC(=O)NCC1CC2CCC1C2CNC(=O)OCCCCOC(=O)C(=C)C. The molecule has 10 heteroatoms. The zero-order chi connectivity index (χ0) is 27.2. The highest BCUT2D eigenvalue weighted by atomic mass is 16.6. The lowest BCUT2D eigenvalue weighted by Crippen LogP contribution is -2.34. The van der Waals surface area contributed by atoms with Gasteiger partial charge in [-0.25, -0.2) is 19.2 Å². The smallest absolute Gasteiger partial charge is 0.407 e. The van der Waals surface area contributed by atoms with Crippen molar-refractivity contribution in [1.29, 1.82) is 0 Å². The van der Waals surface area contributed by atoms with Gasteiger partial charge in [0.25, 0.3) is 0 Å². The Labute approximate surface area is 219 Å². The van der Waals surface area contributed by atoms with Crippen molar-refractivity contribution in [3.8, 4) is 0 Å². The number of nitrogens with one attached hydrogen (secondary N) is 2. The molecular formula is C27H42N2O8. The van der Waals surface area contributed by atoms with Crippen molar-refractivity contribution in [2.24, 2.45) is 23.7 Å². The van der Waals surface area contributed by atoms with E-state index in [0.717, 1.165) is 19.3 Å². The first-order valence-corrected chi connectivity index (χ1v) is 13.2. The van der Waals surface area contributed by atoms with Crippen molar-refractivity contribution in [2.75, 3.05) is 39.5 Å². The van der Waals surface area contributed by atoms with Gasteiger partial charge < -0.3 is 29.6 Å². The van der Waals surface area contributed by atoms with Gasteiger partial charge in [-0.05, 0) is 82.5 Å². The van der Waals surface area contributed by atoms with Crippen LogP contribution < -0.4 is 10.6 Å². The van der Waals surface area contributed by atoms with Crippen LogP contribution >= 0.6 is 0 Å². The van der Waals surface area contributed by atoms with Crippen LogP contribution in [0.5, 0.6) is 0 Å². The Morgan fingerprint density at radius 3 is 1.65 bits per heavy atom. The summed E-state index contributed by atoms with van der Waals surface area (Å²) in [7, 11) is 0. The van der Waals surface area contributed by atoms with Crippen LogP contribution in [0.15, 0.2) is 24.3 Å². The first-order chi connectivity index (χ1) is 17.7. The van der Waals surface area contributed by atoms with Gasteiger partial charge in [-0.1, -0.05) is 13.2 Å². The van der Waals surface area contributed by atoms with E-state index < -0.39 is 24.1 Å². The molecule has 0 aromatic rings. The minimum absolute atomic E-state index is 0.265. The lowest BCUT2D eigenvalue weighted by molar-refractivity contribution is -0.140. The molecule has 2 rings (SSSR count). The normalized spacial score (nSPS) is 21.6. The fraction of sp³-hybridized carbons (Fsp3) is 0.704. The number of rotatable bonds is 16. The molecule has 4 unspecified atom stereocenters. The summed E-state index contributed by atoms with van der Waals surface area (Å²) in [6.07, 6.45) is 4.85. The van der Waals surface area contributed by atoms with Gasteiger partial charge >= 0.3 is 24.1 Å². The van der Waals surface area contributed by atoms with Gasteiger partial charge in [0, 0.05) is 24.2 Å². The molecule has 10 nitrogen and oxygen atoms in total. The highest BCUT2D eigenvalue weighted by molar-refractivity contribution is 5.87. The Kier molecular flexibility index (Phi) is 13.0. The van der Waals surface area contributed by atoms with Crippen LogP contribution in [0, 0.1) is 23.7 Å². The first kappa shape index (κ1) is 30.2. The number of esters is 2. The zero-order valence-electron chi connectivity index (χ0n) is 22.2. The third-order valence-electron chi connectivity index (χ3n) is 6.93. The highest BCUT2D eigenvalue weighted by Gasteiger charge is 2.47. The lowest BCUT2D eigenvalue weighted by Gasteiger charge is -2.22. The molecule has 2 N–H and O–H groups in total. The zero-order valence-corrected chi connectivity index (χ0v) is 22.2. The number of carbonyl (C=O) groups excluding carboxylic acids is 4. The summed E-state index contributed by atoms with van der Waals surface area (Å²) in [5.74, 6) is 0.933. The Bertz CT molecular complexity index is 827. The summed E-state index contributed by atoms with van der Waals surface area (Å²) in [5.41, 5.74) is 0.726. The molecule has 0 aliphatic heterocycles. The second kappa shape index (κ2) is 15.9. The van der Waals surface area contributed by atoms with Crippen molar-refractivity contribution >= 4 is 24.1 Å². The minimum Gasteiger partial charge on any atom is -0.462 e. The van der Waals surface area contributed by atoms with Crippen molar-refractivity contribution in [3.05, 3.63) is 24.3 Å². The van der Waals surface area contributed by atoms with E-state index in [-0.39, 0.29) is 26.4 Å². The molecule has 208 valence electrons. The van der Waals surface area contributed by atoms with Gasteiger partial charge in [-0.3, -0.25) is 0 Å². The van der Waals surface area contributed by atoms with Crippen molar-refractivity contribution in [1.82, 2.24) is 10.6 Å². The summed E-state index contributed by atoms with van der Waals surface area (Å²) in [6, 6.07) is 0. The molecular weight excluding hydrogens is 480 g/mol. The average molecular weight is 523 g/mol. The van der Waals surface area contributed by atoms with Crippen LogP contribution in [0.4, 0.5) is 9.59 Å². The predicted octanol–water partition coefficient (Wildman–Crippen LogP) is 3.90. The van der Waals surface area contributed by atoms with Gasteiger partial charge in [-0.2, -0.15) is 0 Å². The predicted molar refractivity (Wildman–Crippen MR) is 137 cm³/mol. The molecule has 2 aliphatic rings. The minimum atomic E-state index is -0.436. The van der Waals surface area contributed by atoms with Crippen molar-refractivity contribution in [2.45, 2.75) is 58.8 Å². The molecule has 2 saturated carbocycles. The number of amides is 2. The summed E-state index contributed by atoms with van der Waals surface area (Å²) in [6.45, 7) is 12.4. The average Bonchev–Trinajstić information content (AvgIpc) is 3.41. The molecule has 2 bridgehead atoms.